The quantitative estimate of drug-likeness (QED) is 0.615. The molecule has 0 fully saturated rings. The van der Waals surface area contributed by atoms with Gasteiger partial charge in [0.1, 0.15) is 0 Å². The predicted octanol–water partition coefficient (Wildman–Crippen LogP) is 4.62. The molecule has 0 bridgehead atoms. The molecule has 6 nitrogen and oxygen atoms in total. The van der Waals surface area contributed by atoms with Gasteiger partial charge in [0.15, 0.2) is 11.5 Å². The average Bonchev–Trinajstić information content (AvgIpc) is 2.92. The van der Waals surface area contributed by atoms with E-state index in [9.17, 15) is 4.79 Å². The number of methoxy groups -OCH3 is 1. The monoisotopic (exact) mass is 415 g/mol. The molecule has 1 amide bonds. The smallest absolute Gasteiger partial charge is 0.225 e. The lowest BCUT2D eigenvalue weighted by atomic mass is 10.1. The lowest BCUT2D eigenvalue weighted by Crippen LogP contribution is -2.28. The standard InChI is InChI=1S/C24H37N3O3/c1-15(2)13-27-19(7)21(18(6)26-27)12-24(28)25-17(5)20-9-10-22(23(11-20)29-8)30-14-16(3)4/h9-11,15-17H,12-14H2,1-8H3,(H,25,28). The molecule has 1 N–H and O–H groups in total. The van der Waals surface area contributed by atoms with Crippen LogP contribution in [-0.2, 0) is 17.8 Å². The van der Waals surface area contributed by atoms with Gasteiger partial charge in [0.25, 0.3) is 0 Å². The van der Waals surface area contributed by atoms with Crippen LogP contribution in [0.25, 0.3) is 0 Å². The Hall–Kier alpha value is -2.50. The molecule has 6 heteroatoms. The Balaban J connectivity index is 2.06. The van der Waals surface area contributed by atoms with E-state index < -0.39 is 0 Å². The van der Waals surface area contributed by atoms with Crippen molar-refractivity contribution in [3.8, 4) is 11.5 Å². The van der Waals surface area contributed by atoms with Crippen molar-refractivity contribution in [2.24, 2.45) is 11.8 Å². The van der Waals surface area contributed by atoms with Crippen molar-refractivity contribution in [2.75, 3.05) is 13.7 Å². The average molecular weight is 416 g/mol. The third-order valence-corrected chi connectivity index (χ3v) is 5.04. The number of carbonyl (C=O) groups excluding carboxylic acids is 1. The molecule has 0 saturated heterocycles. The molecule has 1 aromatic carbocycles. The van der Waals surface area contributed by atoms with Crippen molar-refractivity contribution >= 4 is 5.91 Å². The molecule has 166 valence electrons. The molecule has 0 aliphatic heterocycles. The number of hydrogen-bond acceptors (Lipinski definition) is 4. The third kappa shape index (κ3) is 6.25. The largest absolute Gasteiger partial charge is 0.493 e. The zero-order valence-corrected chi connectivity index (χ0v) is 19.7. The maximum Gasteiger partial charge on any atom is 0.225 e. The van der Waals surface area contributed by atoms with Crippen molar-refractivity contribution in [2.45, 2.75) is 67.5 Å². The van der Waals surface area contributed by atoms with Gasteiger partial charge in [-0.15, -0.1) is 0 Å². The minimum atomic E-state index is -0.142. The number of aromatic nitrogens is 2. The van der Waals surface area contributed by atoms with Gasteiger partial charge < -0.3 is 14.8 Å². The van der Waals surface area contributed by atoms with Crippen LogP contribution in [0.15, 0.2) is 18.2 Å². The minimum Gasteiger partial charge on any atom is -0.493 e. The van der Waals surface area contributed by atoms with Crippen molar-refractivity contribution < 1.29 is 14.3 Å². The number of ether oxygens (including phenoxy) is 2. The summed E-state index contributed by atoms with van der Waals surface area (Å²) in [5.41, 5.74) is 3.97. The molecule has 0 saturated carbocycles. The Morgan fingerprint density at radius 1 is 1.10 bits per heavy atom. The van der Waals surface area contributed by atoms with Crippen molar-refractivity contribution in [3.05, 3.63) is 40.7 Å². The topological polar surface area (TPSA) is 65.4 Å². The number of nitrogens with one attached hydrogen (secondary N) is 1. The summed E-state index contributed by atoms with van der Waals surface area (Å²) < 4.78 is 13.3. The maximum absolute atomic E-state index is 12.7. The maximum atomic E-state index is 12.7. The summed E-state index contributed by atoms with van der Waals surface area (Å²) in [5, 5.41) is 7.71. The number of amides is 1. The summed E-state index contributed by atoms with van der Waals surface area (Å²) in [6.45, 7) is 16.0. The van der Waals surface area contributed by atoms with Crippen LogP contribution >= 0.6 is 0 Å². The van der Waals surface area contributed by atoms with Gasteiger partial charge in [0.2, 0.25) is 5.91 Å². The number of rotatable bonds is 10. The van der Waals surface area contributed by atoms with Gasteiger partial charge in [-0.2, -0.15) is 5.10 Å². The van der Waals surface area contributed by atoms with Crippen molar-refractivity contribution in [1.82, 2.24) is 15.1 Å². The van der Waals surface area contributed by atoms with Crippen LogP contribution in [0.5, 0.6) is 11.5 Å². The zero-order chi connectivity index (χ0) is 22.4. The number of hydrogen-bond donors (Lipinski definition) is 1. The summed E-state index contributed by atoms with van der Waals surface area (Å²) in [6.07, 6.45) is 0.326. The van der Waals surface area contributed by atoms with E-state index in [1.807, 2.05) is 43.7 Å². The number of aryl methyl sites for hydroxylation is 1. The summed E-state index contributed by atoms with van der Waals surface area (Å²) in [6, 6.07) is 5.67. The second-order valence-corrected chi connectivity index (χ2v) is 8.81. The summed E-state index contributed by atoms with van der Waals surface area (Å²) in [4.78, 5) is 12.7. The van der Waals surface area contributed by atoms with E-state index >= 15 is 0 Å². The first-order valence-electron chi connectivity index (χ1n) is 10.7. The summed E-state index contributed by atoms with van der Waals surface area (Å²) in [5.74, 6) is 2.32. The first-order chi connectivity index (χ1) is 14.1. The molecule has 1 aromatic heterocycles. The number of carbonyl (C=O) groups is 1. The van der Waals surface area contributed by atoms with Gasteiger partial charge in [0, 0.05) is 17.8 Å². The number of nitrogens with zero attached hydrogens (tertiary/aromatic N) is 2. The fourth-order valence-electron chi connectivity index (χ4n) is 3.38. The van der Waals surface area contributed by atoms with E-state index in [1.165, 1.54) is 0 Å². The Labute approximate surface area is 181 Å². The van der Waals surface area contributed by atoms with Crippen molar-refractivity contribution in [3.63, 3.8) is 0 Å². The third-order valence-electron chi connectivity index (χ3n) is 5.04. The molecule has 1 heterocycles. The van der Waals surface area contributed by atoms with Crippen LogP contribution in [0, 0.1) is 25.7 Å². The lowest BCUT2D eigenvalue weighted by molar-refractivity contribution is -0.121. The molecular formula is C24H37N3O3. The molecule has 1 atom stereocenters. The Bertz CT molecular complexity index is 856. The van der Waals surface area contributed by atoms with Gasteiger partial charge in [-0.1, -0.05) is 33.8 Å². The van der Waals surface area contributed by atoms with Crippen LogP contribution in [0.2, 0.25) is 0 Å². The van der Waals surface area contributed by atoms with E-state index in [4.69, 9.17) is 9.47 Å². The Kier molecular flexibility index (Phi) is 8.33. The van der Waals surface area contributed by atoms with Crippen LogP contribution in [0.3, 0.4) is 0 Å². The van der Waals surface area contributed by atoms with Gasteiger partial charge in [-0.05, 0) is 50.3 Å². The van der Waals surface area contributed by atoms with Gasteiger partial charge in [-0.3, -0.25) is 9.48 Å². The van der Waals surface area contributed by atoms with Gasteiger partial charge >= 0.3 is 0 Å². The van der Waals surface area contributed by atoms with Crippen LogP contribution < -0.4 is 14.8 Å². The molecule has 0 aliphatic rings. The van der Waals surface area contributed by atoms with E-state index in [2.05, 4.69) is 38.1 Å². The molecule has 30 heavy (non-hydrogen) atoms. The van der Waals surface area contributed by atoms with Gasteiger partial charge in [-0.25, -0.2) is 0 Å². The Morgan fingerprint density at radius 2 is 1.80 bits per heavy atom. The van der Waals surface area contributed by atoms with Crippen LogP contribution in [0.4, 0.5) is 0 Å². The second kappa shape index (κ2) is 10.5. The Morgan fingerprint density at radius 3 is 2.40 bits per heavy atom. The molecule has 2 rings (SSSR count). The highest BCUT2D eigenvalue weighted by Crippen LogP contribution is 2.30. The van der Waals surface area contributed by atoms with Crippen LogP contribution in [0.1, 0.15) is 63.2 Å². The normalized spacial score (nSPS) is 12.3. The molecule has 0 radical (unpaired) electrons. The van der Waals surface area contributed by atoms with Crippen LogP contribution in [-0.4, -0.2) is 29.4 Å². The highest BCUT2D eigenvalue weighted by atomic mass is 16.5. The first kappa shape index (κ1) is 23.8. The van der Waals surface area contributed by atoms with E-state index in [-0.39, 0.29) is 11.9 Å². The zero-order valence-electron chi connectivity index (χ0n) is 19.7. The lowest BCUT2D eigenvalue weighted by Gasteiger charge is -2.18. The first-order valence-corrected chi connectivity index (χ1v) is 10.7. The molecule has 0 aliphatic carbocycles. The molecule has 2 aromatic rings. The van der Waals surface area contributed by atoms with Gasteiger partial charge in [0.05, 0.1) is 31.9 Å². The van der Waals surface area contributed by atoms with E-state index in [1.54, 1.807) is 7.11 Å². The van der Waals surface area contributed by atoms with E-state index in [0.29, 0.717) is 30.6 Å². The molecule has 0 spiro atoms. The molecule has 1 unspecified atom stereocenters. The number of benzene rings is 1. The summed E-state index contributed by atoms with van der Waals surface area (Å²) >= 11 is 0. The van der Waals surface area contributed by atoms with E-state index in [0.717, 1.165) is 34.8 Å². The SMILES string of the molecule is COc1cc(C(C)NC(=O)Cc2c(C)nn(CC(C)C)c2C)ccc1OCC(C)C. The second-order valence-electron chi connectivity index (χ2n) is 8.81. The molecular weight excluding hydrogens is 378 g/mol. The summed E-state index contributed by atoms with van der Waals surface area (Å²) in [7, 11) is 1.63. The van der Waals surface area contributed by atoms with Crippen molar-refractivity contribution in [1.29, 1.82) is 0 Å². The highest BCUT2D eigenvalue weighted by Gasteiger charge is 2.18. The minimum absolute atomic E-state index is 0.0168. The fourth-order valence-corrected chi connectivity index (χ4v) is 3.38. The fraction of sp³-hybridized carbons (Fsp3) is 0.583. The highest BCUT2D eigenvalue weighted by molar-refractivity contribution is 5.79. The predicted molar refractivity (Wildman–Crippen MR) is 120 cm³/mol.